The van der Waals surface area contributed by atoms with Crippen LogP contribution in [0.5, 0.6) is 17.2 Å². The minimum Gasteiger partial charge on any atom is -0.497 e. The average Bonchev–Trinajstić information content (AvgIpc) is 2.78. The molecule has 2 heterocycles. The van der Waals surface area contributed by atoms with Crippen molar-refractivity contribution < 1.29 is 19.0 Å². The lowest BCUT2D eigenvalue weighted by atomic mass is 10.2. The number of carbonyl (C=O) groups is 1. The highest BCUT2D eigenvalue weighted by molar-refractivity contribution is 8.00. The smallest absolute Gasteiger partial charge is 0.233 e. The Morgan fingerprint density at radius 3 is 2.45 bits per heavy atom. The van der Waals surface area contributed by atoms with E-state index in [9.17, 15) is 4.79 Å². The van der Waals surface area contributed by atoms with Gasteiger partial charge >= 0.3 is 0 Å². The first-order valence-electron chi connectivity index (χ1n) is 9.87. The van der Waals surface area contributed by atoms with Crippen LogP contribution in [0.4, 0.5) is 0 Å². The van der Waals surface area contributed by atoms with Crippen LogP contribution in [0.2, 0.25) is 0 Å². The summed E-state index contributed by atoms with van der Waals surface area (Å²) in [7, 11) is 1.68. The summed E-state index contributed by atoms with van der Waals surface area (Å²) in [5, 5.41) is 0. The zero-order chi connectivity index (χ0) is 20.1. The van der Waals surface area contributed by atoms with Crippen molar-refractivity contribution >= 4 is 17.7 Å². The third-order valence-electron chi connectivity index (χ3n) is 5.17. The van der Waals surface area contributed by atoms with Gasteiger partial charge in [0.2, 0.25) is 5.91 Å². The highest BCUT2D eigenvalue weighted by Crippen LogP contribution is 2.34. The maximum absolute atomic E-state index is 12.6. The van der Waals surface area contributed by atoms with Gasteiger partial charge in [-0.15, -0.1) is 11.8 Å². The minimum absolute atomic E-state index is 0.189. The third-order valence-corrected chi connectivity index (χ3v) is 6.14. The molecule has 0 aromatic heterocycles. The van der Waals surface area contributed by atoms with Crippen molar-refractivity contribution in [3.8, 4) is 17.2 Å². The van der Waals surface area contributed by atoms with E-state index >= 15 is 0 Å². The number of benzene rings is 2. The molecule has 4 rings (SSSR count). The summed E-state index contributed by atoms with van der Waals surface area (Å²) in [6.07, 6.45) is 0. The molecule has 0 aliphatic carbocycles. The number of thioether (sulfide) groups is 1. The summed E-state index contributed by atoms with van der Waals surface area (Å²) in [6, 6.07) is 14.0. The Morgan fingerprint density at radius 2 is 1.72 bits per heavy atom. The third kappa shape index (κ3) is 5.16. The van der Waals surface area contributed by atoms with Crippen molar-refractivity contribution in [2.45, 2.75) is 11.4 Å². The molecule has 1 saturated heterocycles. The predicted octanol–water partition coefficient (Wildman–Crippen LogP) is 2.90. The Labute approximate surface area is 175 Å². The number of amides is 1. The topological polar surface area (TPSA) is 51.2 Å². The molecule has 0 saturated carbocycles. The highest BCUT2D eigenvalue weighted by atomic mass is 32.2. The molecule has 154 valence electrons. The lowest BCUT2D eigenvalue weighted by molar-refractivity contribution is -0.130. The molecule has 1 amide bonds. The summed E-state index contributed by atoms with van der Waals surface area (Å²) in [6.45, 7) is 5.40. The monoisotopic (exact) mass is 414 g/mol. The number of rotatable bonds is 6. The van der Waals surface area contributed by atoms with E-state index in [1.807, 2.05) is 35.2 Å². The van der Waals surface area contributed by atoms with Gasteiger partial charge < -0.3 is 19.1 Å². The van der Waals surface area contributed by atoms with Gasteiger partial charge in [-0.3, -0.25) is 9.69 Å². The van der Waals surface area contributed by atoms with Gasteiger partial charge in [-0.2, -0.15) is 0 Å². The lowest BCUT2D eigenvalue weighted by Gasteiger charge is -2.34. The van der Waals surface area contributed by atoms with Crippen LogP contribution in [0.3, 0.4) is 0 Å². The van der Waals surface area contributed by atoms with Crippen LogP contribution in [0, 0.1) is 0 Å². The first-order chi connectivity index (χ1) is 14.2. The van der Waals surface area contributed by atoms with Crippen LogP contribution in [-0.4, -0.2) is 68.0 Å². The van der Waals surface area contributed by atoms with Crippen molar-refractivity contribution in [1.82, 2.24) is 9.80 Å². The summed E-state index contributed by atoms with van der Waals surface area (Å²) in [5.74, 6) is 3.05. The number of methoxy groups -OCH3 is 1. The van der Waals surface area contributed by atoms with E-state index in [0.29, 0.717) is 19.0 Å². The number of nitrogens with zero attached hydrogens (tertiary/aromatic N) is 2. The first-order valence-corrected chi connectivity index (χ1v) is 10.9. The van der Waals surface area contributed by atoms with E-state index < -0.39 is 0 Å². The van der Waals surface area contributed by atoms with Gasteiger partial charge in [-0.25, -0.2) is 0 Å². The highest BCUT2D eigenvalue weighted by Gasteiger charge is 2.21. The van der Waals surface area contributed by atoms with Crippen LogP contribution < -0.4 is 14.2 Å². The summed E-state index contributed by atoms with van der Waals surface area (Å²) < 4.78 is 16.4. The van der Waals surface area contributed by atoms with Gasteiger partial charge in [-0.05, 0) is 35.9 Å². The van der Waals surface area contributed by atoms with Crippen molar-refractivity contribution in [2.24, 2.45) is 0 Å². The summed E-state index contributed by atoms with van der Waals surface area (Å²) in [5.41, 5.74) is 1.26. The molecular formula is C22H26N2O4S. The first kappa shape index (κ1) is 19.9. The Hall–Kier alpha value is -2.38. The van der Waals surface area contributed by atoms with Gasteiger partial charge in [0.05, 0.1) is 12.9 Å². The van der Waals surface area contributed by atoms with Crippen LogP contribution in [0.15, 0.2) is 47.4 Å². The molecular weight excluding hydrogens is 388 g/mol. The van der Waals surface area contributed by atoms with Crippen LogP contribution in [0.1, 0.15) is 5.56 Å². The molecule has 0 N–H and O–H groups in total. The van der Waals surface area contributed by atoms with Crippen molar-refractivity contribution in [3.05, 3.63) is 48.0 Å². The molecule has 2 aromatic rings. The Balaban J connectivity index is 1.22. The van der Waals surface area contributed by atoms with Crippen LogP contribution in [-0.2, 0) is 11.3 Å². The molecule has 0 atom stereocenters. The standard InChI is InChI=1S/C22H26N2O4S/c1-26-18-4-2-17(3-5-18)15-23-8-10-24(11-9-23)22(25)16-29-19-6-7-20-21(14-19)28-13-12-27-20/h2-7,14H,8-13,15-16H2,1H3. The van der Waals surface area contributed by atoms with Gasteiger partial charge in [0.1, 0.15) is 19.0 Å². The second kappa shape index (κ2) is 9.41. The second-order valence-corrected chi connectivity index (χ2v) is 8.15. The van der Waals surface area contributed by atoms with E-state index in [1.54, 1.807) is 18.9 Å². The minimum atomic E-state index is 0.189. The SMILES string of the molecule is COc1ccc(CN2CCN(C(=O)CSc3ccc4c(c3)OCCO4)CC2)cc1. The van der Waals surface area contributed by atoms with Gasteiger partial charge in [0, 0.05) is 37.6 Å². The van der Waals surface area contributed by atoms with E-state index in [0.717, 1.165) is 54.9 Å². The summed E-state index contributed by atoms with van der Waals surface area (Å²) >= 11 is 1.55. The molecule has 0 spiro atoms. The predicted molar refractivity (Wildman–Crippen MR) is 113 cm³/mol. The number of piperazine rings is 1. The van der Waals surface area contributed by atoms with Crippen LogP contribution in [0.25, 0.3) is 0 Å². The number of hydrogen-bond acceptors (Lipinski definition) is 6. The number of ether oxygens (including phenoxy) is 3. The zero-order valence-corrected chi connectivity index (χ0v) is 17.5. The van der Waals surface area contributed by atoms with E-state index in [-0.39, 0.29) is 5.91 Å². The number of hydrogen-bond donors (Lipinski definition) is 0. The maximum Gasteiger partial charge on any atom is 0.233 e. The second-order valence-electron chi connectivity index (χ2n) is 7.10. The molecule has 29 heavy (non-hydrogen) atoms. The molecule has 2 aliphatic rings. The normalized spacial score (nSPS) is 16.5. The van der Waals surface area contributed by atoms with E-state index in [4.69, 9.17) is 14.2 Å². The van der Waals surface area contributed by atoms with Crippen molar-refractivity contribution in [1.29, 1.82) is 0 Å². The largest absolute Gasteiger partial charge is 0.497 e. The quantitative estimate of drug-likeness (QED) is 0.678. The molecule has 1 fully saturated rings. The molecule has 0 bridgehead atoms. The average molecular weight is 415 g/mol. The number of carbonyl (C=O) groups excluding carboxylic acids is 1. The molecule has 7 heteroatoms. The van der Waals surface area contributed by atoms with Crippen molar-refractivity contribution in [2.75, 3.05) is 52.3 Å². The maximum atomic E-state index is 12.6. The molecule has 2 aromatic carbocycles. The van der Waals surface area contributed by atoms with Crippen LogP contribution >= 0.6 is 11.8 Å². The molecule has 6 nitrogen and oxygen atoms in total. The van der Waals surface area contributed by atoms with Gasteiger partial charge in [0.25, 0.3) is 0 Å². The van der Waals surface area contributed by atoms with E-state index in [1.165, 1.54) is 5.56 Å². The Morgan fingerprint density at radius 1 is 1.00 bits per heavy atom. The zero-order valence-electron chi connectivity index (χ0n) is 16.6. The van der Waals surface area contributed by atoms with Gasteiger partial charge in [0.15, 0.2) is 11.5 Å². The molecule has 2 aliphatic heterocycles. The van der Waals surface area contributed by atoms with E-state index in [2.05, 4.69) is 17.0 Å². The number of fused-ring (bicyclic) bond motifs is 1. The van der Waals surface area contributed by atoms with Gasteiger partial charge in [-0.1, -0.05) is 12.1 Å². The Kier molecular flexibility index (Phi) is 6.46. The fourth-order valence-electron chi connectivity index (χ4n) is 3.49. The molecule has 0 unspecified atom stereocenters. The fraction of sp³-hybridized carbons (Fsp3) is 0.409. The summed E-state index contributed by atoms with van der Waals surface area (Å²) in [4.78, 5) is 18.0. The Bertz CT molecular complexity index is 835. The molecule has 0 radical (unpaired) electrons. The lowest BCUT2D eigenvalue weighted by Crippen LogP contribution is -2.48. The fourth-order valence-corrected chi connectivity index (χ4v) is 4.32. The van der Waals surface area contributed by atoms with Crippen molar-refractivity contribution in [3.63, 3.8) is 0 Å².